The van der Waals surface area contributed by atoms with Crippen molar-refractivity contribution in [3.8, 4) is 11.5 Å². The van der Waals surface area contributed by atoms with E-state index in [1.165, 1.54) is 24.1 Å². The fourth-order valence-corrected chi connectivity index (χ4v) is 6.73. The molecule has 0 saturated carbocycles. The lowest BCUT2D eigenvalue weighted by molar-refractivity contribution is 0.0773. The fourth-order valence-electron chi connectivity index (χ4n) is 6.73. The summed E-state index contributed by atoms with van der Waals surface area (Å²) >= 11 is 0. The summed E-state index contributed by atoms with van der Waals surface area (Å²) in [6, 6.07) is 26.9. The molecule has 2 fully saturated rings. The number of carbonyl (C=O) groups is 1. The maximum atomic E-state index is 12.9. The average Bonchev–Trinajstić information content (AvgIpc) is 3.24. The van der Waals surface area contributed by atoms with Crippen LogP contribution in [0.1, 0.15) is 55.5 Å². The Morgan fingerprint density at radius 2 is 1.45 bits per heavy atom. The number of piperidine rings is 1. The van der Waals surface area contributed by atoms with Crippen LogP contribution in [-0.2, 0) is 6.42 Å². The van der Waals surface area contributed by atoms with Gasteiger partial charge in [0.15, 0.2) is 11.5 Å². The number of rotatable bonds is 11. The van der Waals surface area contributed by atoms with Gasteiger partial charge in [0.2, 0.25) is 0 Å². The van der Waals surface area contributed by atoms with Crippen molar-refractivity contribution >= 4 is 17.3 Å². The topological polar surface area (TPSA) is 45.3 Å². The largest absolute Gasteiger partial charge is 0.493 e. The third kappa shape index (κ3) is 5.83. The summed E-state index contributed by atoms with van der Waals surface area (Å²) in [4.78, 5) is 20.1. The highest BCUT2D eigenvalue weighted by Crippen LogP contribution is 2.41. The molecule has 0 aromatic heterocycles. The van der Waals surface area contributed by atoms with Crippen LogP contribution in [0.15, 0.2) is 72.8 Å². The average molecular weight is 542 g/mol. The Morgan fingerprint density at radius 1 is 0.825 bits per heavy atom. The van der Waals surface area contributed by atoms with Crippen LogP contribution in [-0.4, -0.2) is 67.7 Å². The lowest BCUT2D eigenvalue weighted by Gasteiger charge is -2.44. The number of benzene rings is 3. The predicted octanol–water partition coefficient (Wildman–Crippen LogP) is 6.56. The molecular weight excluding hydrogens is 498 g/mol. The number of anilines is 2. The van der Waals surface area contributed by atoms with Gasteiger partial charge in [-0.3, -0.25) is 9.69 Å². The molecule has 3 aromatic carbocycles. The van der Waals surface area contributed by atoms with Gasteiger partial charge in [-0.1, -0.05) is 24.3 Å². The molecule has 40 heavy (non-hydrogen) atoms. The van der Waals surface area contributed by atoms with Crippen LogP contribution >= 0.6 is 0 Å². The molecule has 2 aliphatic heterocycles. The van der Waals surface area contributed by atoms with Gasteiger partial charge < -0.3 is 19.3 Å². The maximum absolute atomic E-state index is 12.9. The fraction of sp³-hybridized carbons (Fsp3) is 0.441. The van der Waals surface area contributed by atoms with Gasteiger partial charge in [-0.05, 0) is 100 Å². The first kappa shape index (κ1) is 28.0. The molecule has 1 amide bonds. The molecule has 0 radical (unpaired) electrons. The molecule has 3 aromatic rings. The number of carbonyl (C=O) groups excluding carboxylic acids is 1. The van der Waals surface area contributed by atoms with E-state index in [2.05, 4.69) is 64.4 Å². The summed E-state index contributed by atoms with van der Waals surface area (Å²) in [6.07, 6.45) is 5.79. The zero-order chi connectivity index (χ0) is 28.1. The van der Waals surface area contributed by atoms with Crippen molar-refractivity contribution in [1.29, 1.82) is 0 Å². The van der Waals surface area contributed by atoms with E-state index in [1.54, 1.807) is 14.2 Å². The molecule has 3 atom stereocenters. The van der Waals surface area contributed by atoms with E-state index in [0.717, 1.165) is 61.6 Å². The van der Waals surface area contributed by atoms with Crippen LogP contribution in [0.3, 0.4) is 0 Å². The molecule has 212 valence electrons. The Bertz CT molecular complexity index is 1250. The number of fused-ring (bicyclic) bond motifs is 2. The Balaban J connectivity index is 1.32. The third-order valence-corrected chi connectivity index (χ3v) is 8.81. The van der Waals surface area contributed by atoms with Crippen LogP contribution in [0.2, 0.25) is 0 Å². The zero-order valence-electron chi connectivity index (χ0n) is 24.4. The van der Waals surface area contributed by atoms with Crippen molar-refractivity contribution < 1.29 is 14.3 Å². The molecule has 1 unspecified atom stereocenters. The van der Waals surface area contributed by atoms with E-state index in [9.17, 15) is 4.79 Å². The highest BCUT2D eigenvalue weighted by atomic mass is 16.5. The van der Waals surface area contributed by atoms with Gasteiger partial charge in [0.1, 0.15) is 0 Å². The minimum atomic E-state index is 0.101. The smallest absolute Gasteiger partial charge is 0.253 e. The molecule has 2 bridgehead atoms. The number of amides is 1. The first-order valence-corrected chi connectivity index (χ1v) is 14.8. The number of ether oxygens (including phenoxy) is 2. The van der Waals surface area contributed by atoms with E-state index in [0.29, 0.717) is 18.1 Å². The standard InChI is InChI=1S/C34H43N3O3/c1-5-35(6-2)34(38)26-13-15-28(16-14-26)37(27-10-8-7-9-11-27)31-23-29-17-18-30(24-31)36(29)21-20-25-12-19-32(39-3)33(22-25)40-4/h7-16,19,22,29-31H,5-6,17-18,20-21,23-24H2,1-4H3/t29-,30+,31?. The Hall–Kier alpha value is -3.51. The van der Waals surface area contributed by atoms with Crippen molar-refractivity contribution in [3.63, 3.8) is 0 Å². The first-order chi connectivity index (χ1) is 19.6. The van der Waals surface area contributed by atoms with Crippen molar-refractivity contribution in [3.05, 3.63) is 83.9 Å². The molecule has 0 N–H and O–H groups in total. The van der Waals surface area contributed by atoms with Gasteiger partial charge in [-0.15, -0.1) is 0 Å². The lowest BCUT2D eigenvalue weighted by atomic mass is 9.94. The number of hydrogen-bond donors (Lipinski definition) is 0. The van der Waals surface area contributed by atoms with Crippen LogP contribution in [0.4, 0.5) is 11.4 Å². The van der Waals surface area contributed by atoms with E-state index < -0.39 is 0 Å². The summed E-state index contributed by atoms with van der Waals surface area (Å²) in [6.45, 7) is 6.56. The molecule has 0 spiro atoms. The lowest BCUT2D eigenvalue weighted by Crippen LogP contribution is -2.50. The predicted molar refractivity (Wildman–Crippen MR) is 162 cm³/mol. The SMILES string of the molecule is CCN(CC)C(=O)c1ccc(N(c2ccccc2)C2C[C@H]3CC[C@@H](C2)N3CCc2ccc(OC)c(OC)c2)cc1. The van der Waals surface area contributed by atoms with Gasteiger partial charge in [0.05, 0.1) is 14.2 Å². The highest BCUT2D eigenvalue weighted by Gasteiger charge is 2.42. The Kier molecular flexibility index (Phi) is 8.95. The normalized spacial score (nSPS) is 20.2. The zero-order valence-corrected chi connectivity index (χ0v) is 24.4. The molecule has 2 heterocycles. The van der Waals surface area contributed by atoms with Crippen molar-refractivity contribution in [2.45, 2.75) is 64.1 Å². The Morgan fingerprint density at radius 3 is 2.05 bits per heavy atom. The van der Waals surface area contributed by atoms with Crippen LogP contribution in [0, 0.1) is 0 Å². The third-order valence-electron chi connectivity index (χ3n) is 8.81. The summed E-state index contributed by atoms with van der Waals surface area (Å²) in [5.41, 5.74) is 4.41. The van der Waals surface area contributed by atoms with Gasteiger partial charge in [0.25, 0.3) is 5.91 Å². The second kappa shape index (κ2) is 12.8. The summed E-state index contributed by atoms with van der Waals surface area (Å²) in [5.74, 6) is 1.67. The van der Waals surface area contributed by atoms with Crippen LogP contribution in [0.25, 0.3) is 0 Å². The molecule has 6 nitrogen and oxygen atoms in total. The van der Waals surface area contributed by atoms with E-state index in [-0.39, 0.29) is 5.91 Å². The van der Waals surface area contributed by atoms with Crippen LogP contribution in [0.5, 0.6) is 11.5 Å². The van der Waals surface area contributed by atoms with Crippen molar-refractivity contribution in [2.75, 3.05) is 38.8 Å². The number of para-hydroxylation sites is 1. The van der Waals surface area contributed by atoms with Crippen molar-refractivity contribution in [2.24, 2.45) is 0 Å². The van der Waals surface area contributed by atoms with E-state index in [4.69, 9.17) is 9.47 Å². The number of hydrogen-bond acceptors (Lipinski definition) is 5. The quantitative estimate of drug-likeness (QED) is 0.275. The van der Waals surface area contributed by atoms with Gasteiger partial charge in [0, 0.05) is 54.7 Å². The van der Waals surface area contributed by atoms with Gasteiger partial charge in [-0.25, -0.2) is 0 Å². The molecular formula is C34H43N3O3. The Labute approximate surface area is 239 Å². The highest BCUT2D eigenvalue weighted by molar-refractivity contribution is 5.94. The van der Waals surface area contributed by atoms with E-state index in [1.807, 2.05) is 36.9 Å². The monoisotopic (exact) mass is 541 g/mol. The molecule has 2 saturated heterocycles. The van der Waals surface area contributed by atoms with Crippen LogP contribution < -0.4 is 14.4 Å². The molecule has 2 aliphatic rings. The minimum Gasteiger partial charge on any atom is -0.493 e. The minimum absolute atomic E-state index is 0.101. The summed E-state index contributed by atoms with van der Waals surface area (Å²) < 4.78 is 10.9. The molecule has 5 rings (SSSR count). The van der Waals surface area contributed by atoms with Crippen molar-refractivity contribution in [1.82, 2.24) is 9.80 Å². The van der Waals surface area contributed by atoms with E-state index >= 15 is 0 Å². The molecule has 6 heteroatoms. The summed E-state index contributed by atoms with van der Waals surface area (Å²) in [5, 5.41) is 0. The second-order valence-corrected chi connectivity index (χ2v) is 10.9. The van der Waals surface area contributed by atoms with Gasteiger partial charge >= 0.3 is 0 Å². The van der Waals surface area contributed by atoms with Gasteiger partial charge in [-0.2, -0.15) is 0 Å². The maximum Gasteiger partial charge on any atom is 0.253 e. The second-order valence-electron chi connectivity index (χ2n) is 10.9. The molecule has 0 aliphatic carbocycles. The number of methoxy groups -OCH3 is 2. The first-order valence-electron chi connectivity index (χ1n) is 14.8. The summed E-state index contributed by atoms with van der Waals surface area (Å²) in [7, 11) is 3.37. The number of nitrogens with zero attached hydrogens (tertiary/aromatic N) is 3.